The summed E-state index contributed by atoms with van der Waals surface area (Å²) in [4.78, 5) is 57.1. The maximum absolute atomic E-state index is 13.4. The number of oxime groups is 1. The average Bonchev–Trinajstić information content (AvgIpc) is 3.42. The summed E-state index contributed by atoms with van der Waals surface area (Å²) in [5, 5.41) is 18.0. The van der Waals surface area contributed by atoms with E-state index in [1.807, 2.05) is 12.1 Å². The smallest absolute Gasteiger partial charge is 0.355 e. The Morgan fingerprint density at radius 2 is 1.73 bits per heavy atom. The second-order valence-corrected chi connectivity index (χ2v) is 8.74. The van der Waals surface area contributed by atoms with Gasteiger partial charge in [0.1, 0.15) is 11.4 Å². The van der Waals surface area contributed by atoms with Gasteiger partial charge < -0.3 is 24.4 Å². The van der Waals surface area contributed by atoms with Crippen molar-refractivity contribution >= 4 is 29.4 Å². The van der Waals surface area contributed by atoms with Crippen LogP contribution in [0.15, 0.2) is 65.0 Å². The zero-order valence-corrected chi connectivity index (χ0v) is 22.1. The first-order chi connectivity index (χ1) is 19.3. The molecule has 0 spiro atoms. The molecular weight excluding hydrogens is 524 g/mol. The molecule has 0 radical (unpaired) electrons. The number of non-ortho nitro benzene ring substituents is 1. The highest BCUT2D eigenvalue weighted by Gasteiger charge is 2.43. The Balaban J connectivity index is 1.68. The molecule has 2 atom stereocenters. The molecule has 0 aliphatic carbocycles. The molecule has 1 N–H and O–H groups in total. The summed E-state index contributed by atoms with van der Waals surface area (Å²) in [6.45, 7) is 3.06. The van der Waals surface area contributed by atoms with Gasteiger partial charge in [-0.3, -0.25) is 15.0 Å². The highest BCUT2D eigenvalue weighted by Crippen LogP contribution is 2.34. The fourth-order valence-electron chi connectivity index (χ4n) is 4.40. The number of methoxy groups -OCH3 is 1. The van der Waals surface area contributed by atoms with Crippen molar-refractivity contribution in [1.82, 2.24) is 10.2 Å². The molecule has 2 heterocycles. The van der Waals surface area contributed by atoms with E-state index in [1.54, 1.807) is 33.1 Å². The number of nitrogens with zero attached hydrogens (tertiary/aromatic N) is 3. The Morgan fingerprint density at radius 1 is 1.07 bits per heavy atom. The van der Waals surface area contributed by atoms with Gasteiger partial charge in [0.2, 0.25) is 0 Å². The van der Waals surface area contributed by atoms with E-state index in [0.717, 1.165) is 10.5 Å². The molecule has 0 bridgehead atoms. The molecule has 2 unspecified atom stereocenters. The molecule has 13 heteroatoms. The van der Waals surface area contributed by atoms with E-state index in [0.29, 0.717) is 23.4 Å². The number of urea groups is 1. The van der Waals surface area contributed by atoms with E-state index in [1.165, 1.54) is 24.3 Å². The first-order valence-electron chi connectivity index (χ1n) is 12.5. The molecule has 2 aliphatic rings. The van der Waals surface area contributed by atoms with Crippen LogP contribution in [0.5, 0.6) is 5.75 Å². The van der Waals surface area contributed by atoms with Crippen LogP contribution in [0.2, 0.25) is 0 Å². The van der Waals surface area contributed by atoms with Crippen LogP contribution in [0, 0.1) is 10.1 Å². The van der Waals surface area contributed by atoms with Crippen LogP contribution < -0.4 is 10.1 Å². The molecule has 2 aromatic carbocycles. The highest BCUT2D eigenvalue weighted by molar-refractivity contribution is 6.06. The number of hydrogen-bond donors (Lipinski definition) is 1. The number of amides is 2. The SMILES string of the molecule is CCOC(=O)C1=C(C(=O)OCC)N(CC2CC(c3ccc(OC)cc3)=NO2)C(=O)NC1c1ccc([N+](=O)[O-])cc1. The van der Waals surface area contributed by atoms with Gasteiger partial charge in [-0.2, -0.15) is 0 Å². The number of rotatable bonds is 10. The number of hydrogen-bond acceptors (Lipinski definition) is 10. The van der Waals surface area contributed by atoms with E-state index >= 15 is 0 Å². The summed E-state index contributed by atoms with van der Waals surface area (Å²) in [5.74, 6) is -1.06. The van der Waals surface area contributed by atoms with Crippen molar-refractivity contribution in [3.05, 3.63) is 81.0 Å². The third kappa shape index (κ3) is 5.87. The fraction of sp³-hybridized carbons (Fsp3) is 0.333. The van der Waals surface area contributed by atoms with Gasteiger partial charge in [0.05, 0.1) is 49.1 Å². The van der Waals surface area contributed by atoms with Crippen LogP contribution in [-0.2, 0) is 23.9 Å². The van der Waals surface area contributed by atoms with Gasteiger partial charge in [0.15, 0.2) is 6.10 Å². The van der Waals surface area contributed by atoms with Gasteiger partial charge >= 0.3 is 18.0 Å². The lowest BCUT2D eigenvalue weighted by atomic mass is 9.93. The molecule has 13 nitrogen and oxygen atoms in total. The van der Waals surface area contributed by atoms with E-state index in [9.17, 15) is 24.5 Å². The van der Waals surface area contributed by atoms with Gasteiger partial charge in [-0.25, -0.2) is 14.4 Å². The molecule has 2 aromatic rings. The monoisotopic (exact) mass is 552 g/mol. The zero-order chi connectivity index (χ0) is 28.8. The van der Waals surface area contributed by atoms with E-state index in [4.69, 9.17) is 19.0 Å². The van der Waals surface area contributed by atoms with Crippen molar-refractivity contribution in [2.24, 2.45) is 5.16 Å². The molecular formula is C27H28N4O9. The molecule has 2 amide bonds. The lowest BCUT2D eigenvalue weighted by Crippen LogP contribution is -2.52. The molecule has 4 rings (SSSR count). The second kappa shape index (κ2) is 12.3. The lowest BCUT2D eigenvalue weighted by molar-refractivity contribution is -0.384. The predicted molar refractivity (Wildman–Crippen MR) is 140 cm³/mol. The van der Waals surface area contributed by atoms with Crippen LogP contribution in [0.1, 0.15) is 37.4 Å². The van der Waals surface area contributed by atoms with E-state index < -0.39 is 35.0 Å². The first kappa shape index (κ1) is 28.1. The molecule has 0 saturated carbocycles. The largest absolute Gasteiger partial charge is 0.497 e. The number of esters is 2. The predicted octanol–water partition coefficient (Wildman–Crippen LogP) is 3.24. The van der Waals surface area contributed by atoms with E-state index in [-0.39, 0.29) is 36.7 Å². The van der Waals surface area contributed by atoms with Gasteiger partial charge in [-0.05, 0) is 61.4 Å². The van der Waals surface area contributed by atoms with Crippen LogP contribution in [0.25, 0.3) is 0 Å². The molecule has 40 heavy (non-hydrogen) atoms. The highest BCUT2D eigenvalue weighted by atomic mass is 16.6. The Morgan fingerprint density at radius 3 is 2.33 bits per heavy atom. The molecule has 0 fully saturated rings. The summed E-state index contributed by atoms with van der Waals surface area (Å²) in [5.41, 5.74) is 1.15. The summed E-state index contributed by atoms with van der Waals surface area (Å²) in [6, 6.07) is 10.7. The lowest BCUT2D eigenvalue weighted by Gasteiger charge is -2.36. The summed E-state index contributed by atoms with van der Waals surface area (Å²) >= 11 is 0. The van der Waals surface area contributed by atoms with Crippen molar-refractivity contribution in [2.45, 2.75) is 32.4 Å². The Hall–Kier alpha value is -4.94. The third-order valence-electron chi connectivity index (χ3n) is 6.27. The number of benzene rings is 2. The number of nitro groups is 1. The van der Waals surface area contributed by atoms with Crippen LogP contribution in [0.4, 0.5) is 10.5 Å². The maximum atomic E-state index is 13.4. The number of nitro benzene ring substituents is 1. The number of ether oxygens (including phenoxy) is 3. The number of carbonyl (C=O) groups is 3. The number of carbonyl (C=O) groups excluding carboxylic acids is 3. The van der Waals surface area contributed by atoms with E-state index in [2.05, 4.69) is 10.5 Å². The normalized spacial score (nSPS) is 18.4. The molecule has 0 aromatic heterocycles. The average molecular weight is 553 g/mol. The van der Waals surface area contributed by atoms with Gasteiger partial charge in [0.25, 0.3) is 5.69 Å². The zero-order valence-electron chi connectivity index (χ0n) is 22.1. The standard InChI is InChI=1S/C27H28N4O9/c1-4-38-25(32)22-23(17-6-10-18(11-7-17)31(35)36)28-27(34)30(24(22)26(33)39-5-2)15-20-14-21(29-40-20)16-8-12-19(37-3)13-9-16/h6-13,20,23H,4-5,14-15H2,1-3H3,(H,28,34). The van der Waals surface area contributed by atoms with Crippen LogP contribution >= 0.6 is 0 Å². The molecule has 2 aliphatic heterocycles. The quantitative estimate of drug-likeness (QED) is 0.265. The Bertz CT molecular complexity index is 1350. The summed E-state index contributed by atoms with van der Waals surface area (Å²) < 4.78 is 15.7. The van der Waals surface area contributed by atoms with Crippen molar-refractivity contribution in [2.75, 3.05) is 26.9 Å². The first-order valence-corrected chi connectivity index (χ1v) is 12.5. The minimum Gasteiger partial charge on any atom is -0.497 e. The molecule has 210 valence electrons. The molecule has 0 saturated heterocycles. The number of nitrogens with one attached hydrogen (secondary N) is 1. The van der Waals surface area contributed by atoms with Gasteiger partial charge in [0, 0.05) is 18.6 Å². The van der Waals surface area contributed by atoms with Crippen molar-refractivity contribution in [3.8, 4) is 5.75 Å². The van der Waals surface area contributed by atoms with Crippen molar-refractivity contribution in [3.63, 3.8) is 0 Å². The van der Waals surface area contributed by atoms with Gasteiger partial charge in [-0.15, -0.1) is 0 Å². The fourth-order valence-corrected chi connectivity index (χ4v) is 4.40. The van der Waals surface area contributed by atoms with Crippen molar-refractivity contribution < 1.29 is 38.4 Å². The second-order valence-electron chi connectivity index (χ2n) is 8.74. The summed E-state index contributed by atoms with van der Waals surface area (Å²) in [7, 11) is 1.57. The maximum Gasteiger partial charge on any atom is 0.355 e. The minimum absolute atomic E-state index is 0.00413. The van der Waals surface area contributed by atoms with Gasteiger partial charge in [-0.1, -0.05) is 5.16 Å². The Kier molecular flexibility index (Phi) is 8.62. The minimum atomic E-state index is -1.13. The topological polar surface area (TPSA) is 159 Å². The van der Waals surface area contributed by atoms with Crippen molar-refractivity contribution in [1.29, 1.82) is 0 Å². The van der Waals surface area contributed by atoms with Crippen LogP contribution in [-0.4, -0.2) is 66.5 Å². The Labute approximate surface area is 229 Å². The third-order valence-corrected chi connectivity index (χ3v) is 6.27. The van der Waals surface area contributed by atoms with Crippen LogP contribution in [0.3, 0.4) is 0 Å². The summed E-state index contributed by atoms with van der Waals surface area (Å²) in [6.07, 6.45) is -0.307.